The molecule has 0 bridgehead atoms. The summed E-state index contributed by atoms with van der Waals surface area (Å²) >= 11 is 0. The zero-order chi connectivity index (χ0) is 23.5. The number of benzene rings is 3. The van der Waals surface area contributed by atoms with Gasteiger partial charge in [0.15, 0.2) is 17.0 Å². The molecular weight excluding hydrogens is 438 g/mol. The summed E-state index contributed by atoms with van der Waals surface area (Å²) in [6.07, 6.45) is 1.79. The van der Waals surface area contributed by atoms with Crippen molar-refractivity contribution in [2.24, 2.45) is 0 Å². The van der Waals surface area contributed by atoms with Crippen LogP contribution >= 0.6 is 0 Å². The number of imidazole rings is 1. The lowest BCUT2D eigenvalue weighted by Gasteiger charge is -2.28. The van der Waals surface area contributed by atoms with Crippen molar-refractivity contribution in [2.45, 2.75) is 0 Å². The van der Waals surface area contributed by atoms with E-state index in [1.165, 1.54) is 5.69 Å². The predicted molar refractivity (Wildman–Crippen MR) is 139 cm³/mol. The van der Waals surface area contributed by atoms with Gasteiger partial charge in [0.25, 0.3) is 0 Å². The molecule has 8 nitrogen and oxygen atoms in total. The quantitative estimate of drug-likeness (QED) is 0.361. The summed E-state index contributed by atoms with van der Waals surface area (Å²) in [6.45, 7) is 3.34. The molecule has 174 valence electrons. The van der Waals surface area contributed by atoms with E-state index in [9.17, 15) is 0 Å². The molecule has 35 heavy (non-hydrogen) atoms. The summed E-state index contributed by atoms with van der Waals surface area (Å²) < 4.78 is 7.44. The van der Waals surface area contributed by atoms with Crippen LogP contribution in [-0.4, -0.2) is 45.8 Å². The number of hydrogen-bond acceptors (Lipinski definition) is 7. The predicted octanol–water partition coefficient (Wildman–Crippen LogP) is 5.14. The highest BCUT2D eigenvalue weighted by Crippen LogP contribution is 2.28. The SMILES string of the molecule is c1ccc(Nc2nc(Nc3ccc(N4CCOCC4)cc3)c3ncn(-c4ccccc4)c3n2)cc1. The fourth-order valence-corrected chi connectivity index (χ4v) is 4.19. The number of rotatable bonds is 6. The molecule has 6 rings (SSSR count). The van der Waals surface area contributed by atoms with Crippen LogP contribution in [0.15, 0.2) is 91.3 Å². The highest BCUT2D eigenvalue weighted by Gasteiger charge is 2.16. The Hall–Kier alpha value is -4.43. The Bertz CT molecular complexity index is 1410. The molecule has 0 radical (unpaired) electrons. The zero-order valence-electron chi connectivity index (χ0n) is 19.1. The molecule has 0 atom stereocenters. The summed E-state index contributed by atoms with van der Waals surface area (Å²) in [5, 5.41) is 6.78. The van der Waals surface area contributed by atoms with E-state index in [0.29, 0.717) is 17.3 Å². The molecule has 0 saturated carbocycles. The number of anilines is 5. The molecule has 1 aliphatic heterocycles. The first-order chi connectivity index (χ1) is 17.3. The van der Waals surface area contributed by atoms with Crippen LogP contribution in [0.25, 0.3) is 16.9 Å². The van der Waals surface area contributed by atoms with E-state index in [0.717, 1.165) is 49.0 Å². The number of morpholine rings is 1. The van der Waals surface area contributed by atoms with Crippen molar-refractivity contribution in [3.05, 3.63) is 91.3 Å². The van der Waals surface area contributed by atoms with Crippen molar-refractivity contribution in [1.29, 1.82) is 0 Å². The third kappa shape index (κ3) is 4.51. The molecule has 3 aromatic carbocycles. The van der Waals surface area contributed by atoms with Crippen LogP contribution in [-0.2, 0) is 4.74 Å². The first-order valence-electron chi connectivity index (χ1n) is 11.7. The zero-order valence-corrected chi connectivity index (χ0v) is 19.1. The van der Waals surface area contributed by atoms with Gasteiger partial charge in [-0.05, 0) is 48.5 Å². The Morgan fingerprint density at radius 1 is 0.686 bits per heavy atom. The first kappa shape index (κ1) is 21.1. The third-order valence-corrected chi connectivity index (χ3v) is 5.97. The summed E-state index contributed by atoms with van der Waals surface area (Å²) in [4.78, 5) is 16.6. The Kier molecular flexibility index (Phi) is 5.70. The Morgan fingerprint density at radius 2 is 1.37 bits per heavy atom. The number of fused-ring (bicyclic) bond motifs is 1. The van der Waals surface area contributed by atoms with Gasteiger partial charge in [-0.15, -0.1) is 0 Å². The topological polar surface area (TPSA) is 80.1 Å². The van der Waals surface area contributed by atoms with Gasteiger partial charge in [-0.1, -0.05) is 36.4 Å². The molecule has 1 fully saturated rings. The molecule has 5 aromatic rings. The standard InChI is InChI=1S/C27H25N7O/c1-3-7-20(8-4-1)30-27-31-25(24-26(32-27)34(19-28-24)23-9-5-2-6-10-23)29-21-11-13-22(14-12-21)33-15-17-35-18-16-33/h1-14,19H,15-18H2,(H2,29,30,31,32). The van der Waals surface area contributed by atoms with Crippen LogP contribution in [0.1, 0.15) is 0 Å². The lowest BCUT2D eigenvalue weighted by Crippen LogP contribution is -2.36. The van der Waals surface area contributed by atoms with Gasteiger partial charge in [-0.25, -0.2) is 4.98 Å². The second-order valence-corrected chi connectivity index (χ2v) is 8.28. The molecule has 0 aliphatic carbocycles. The van der Waals surface area contributed by atoms with E-state index in [4.69, 9.17) is 14.7 Å². The maximum atomic E-state index is 5.47. The maximum absolute atomic E-state index is 5.47. The van der Waals surface area contributed by atoms with E-state index in [1.807, 2.05) is 65.2 Å². The molecule has 0 spiro atoms. The van der Waals surface area contributed by atoms with Crippen molar-refractivity contribution < 1.29 is 4.74 Å². The van der Waals surface area contributed by atoms with Crippen LogP contribution in [0.2, 0.25) is 0 Å². The largest absolute Gasteiger partial charge is 0.378 e. The molecule has 8 heteroatoms. The molecule has 0 amide bonds. The summed E-state index contributed by atoms with van der Waals surface area (Å²) in [5.41, 5.74) is 5.44. The molecule has 1 saturated heterocycles. The molecule has 1 aliphatic rings. The van der Waals surface area contributed by atoms with Gasteiger partial charge in [0.2, 0.25) is 5.95 Å². The number of nitrogens with zero attached hydrogens (tertiary/aromatic N) is 5. The van der Waals surface area contributed by atoms with Gasteiger partial charge >= 0.3 is 0 Å². The van der Waals surface area contributed by atoms with E-state index < -0.39 is 0 Å². The lowest BCUT2D eigenvalue weighted by atomic mass is 10.2. The summed E-state index contributed by atoms with van der Waals surface area (Å²) in [7, 11) is 0. The molecule has 2 N–H and O–H groups in total. The monoisotopic (exact) mass is 463 g/mol. The van der Waals surface area contributed by atoms with Crippen LogP contribution in [0, 0.1) is 0 Å². The van der Waals surface area contributed by atoms with Gasteiger partial charge in [-0.3, -0.25) is 4.57 Å². The van der Waals surface area contributed by atoms with Crippen LogP contribution < -0.4 is 15.5 Å². The summed E-state index contributed by atoms with van der Waals surface area (Å²) in [5.74, 6) is 1.14. The van der Waals surface area contributed by atoms with Crippen molar-refractivity contribution in [3.8, 4) is 5.69 Å². The van der Waals surface area contributed by atoms with Gasteiger partial charge in [0, 0.05) is 35.8 Å². The molecule has 3 heterocycles. The highest BCUT2D eigenvalue weighted by molar-refractivity contribution is 5.88. The van der Waals surface area contributed by atoms with Crippen LogP contribution in [0.5, 0.6) is 0 Å². The smallest absolute Gasteiger partial charge is 0.231 e. The lowest BCUT2D eigenvalue weighted by molar-refractivity contribution is 0.122. The number of para-hydroxylation sites is 2. The van der Waals surface area contributed by atoms with Crippen LogP contribution in [0.3, 0.4) is 0 Å². The maximum Gasteiger partial charge on any atom is 0.231 e. The Labute approximate surface area is 203 Å². The minimum absolute atomic E-state index is 0.494. The van der Waals surface area contributed by atoms with Gasteiger partial charge < -0.3 is 20.3 Å². The Balaban J connectivity index is 1.36. The fourth-order valence-electron chi connectivity index (χ4n) is 4.19. The van der Waals surface area contributed by atoms with E-state index in [1.54, 1.807) is 6.33 Å². The summed E-state index contributed by atoms with van der Waals surface area (Å²) in [6, 6.07) is 28.3. The average Bonchev–Trinajstić information content (AvgIpc) is 3.35. The van der Waals surface area contributed by atoms with Crippen molar-refractivity contribution in [3.63, 3.8) is 0 Å². The van der Waals surface area contributed by atoms with Crippen LogP contribution in [0.4, 0.5) is 28.8 Å². The number of aromatic nitrogens is 4. The number of nitrogens with one attached hydrogen (secondary N) is 2. The Morgan fingerprint density at radius 3 is 2.11 bits per heavy atom. The highest BCUT2D eigenvalue weighted by atomic mass is 16.5. The second kappa shape index (κ2) is 9.44. The molecule has 2 aromatic heterocycles. The second-order valence-electron chi connectivity index (χ2n) is 8.28. The minimum atomic E-state index is 0.494. The first-order valence-corrected chi connectivity index (χ1v) is 11.7. The van der Waals surface area contributed by atoms with Crippen molar-refractivity contribution >= 4 is 40.0 Å². The number of hydrogen-bond donors (Lipinski definition) is 2. The van der Waals surface area contributed by atoms with Gasteiger partial charge in [0.1, 0.15) is 6.33 Å². The van der Waals surface area contributed by atoms with E-state index in [-0.39, 0.29) is 0 Å². The van der Waals surface area contributed by atoms with E-state index >= 15 is 0 Å². The van der Waals surface area contributed by atoms with E-state index in [2.05, 4.69) is 44.8 Å². The molecular formula is C27H25N7O. The molecule has 0 unspecified atom stereocenters. The third-order valence-electron chi connectivity index (χ3n) is 5.97. The normalized spacial score (nSPS) is 13.7. The minimum Gasteiger partial charge on any atom is -0.378 e. The van der Waals surface area contributed by atoms with Crippen molar-refractivity contribution in [1.82, 2.24) is 19.5 Å². The van der Waals surface area contributed by atoms with Gasteiger partial charge in [0.05, 0.1) is 13.2 Å². The van der Waals surface area contributed by atoms with Crippen molar-refractivity contribution in [2.75, 3.05) is 41.8 Å². The average molecular weight is 464 g/mol. The fraction of sp³-hybridized carbons (Fsp3) is 0.148. The van der Waals surface area contributed by atoms with Gasteiger partial charge in [-0.2, -0.15) is 9.97 Å². The number of ether oxygens (including phenoxy) is 1.